The third-order valence-corrected chi connectivity index (χ3v) is 5.29. The molecule has 0 aliphatic carbocycles. The molecule has 1 N–H and O–H groups in total. The molecule has 7 heteroatoms. The average molecular weight is 433 g/mol. The number of aliphatic hydroxyl groups is 1. The number of rotatable bonds is 9. The Balaban J connectivity index is 1.49. The molecule has 1 unspecified atom stereocenters. The maximum absolute atomic E-state index is 13.2. The lowest BCUT2D eigenvalue weighted by atomic mass is 9.90. The fourth-order valence-corrected chi connectivity index (χ4v) is 3.76. The number of ketones is 1. The fraction of sp³-hybridized carbons (Fsp3) is 0.200. The molecule has 1 aliphatic rings. The number of para-hydroxylation sites is 3. The van der Waals surface area contributed by atoms with Gasteiger partial charge in [-0.3, -0.25) is 9.59 Å². The van der Waals surface area contributed by atoms with Crippen LogP contribution in [0.15, 0.2) is 77.4 Å². The van der Waals surface area contributed by atoms with Crippen molar-refractivity contribution in [1.82, 2.24) is 0 Å². The molecule has 1 amide bonds. The van der Waals surface area contributed by atoms with E-state index in [0.29, 0.717) is 28.5 Å². The van der Waals surface area contributed by atoms with Crippen molar-refractivity contribution in [3.8, 4) is 11.5 Å². The van der Waals surface area contributed by atoms with Crippen LogP contribution in [0, 0.1) is 0 Å². The zero-order valence-electron chi connectivity index (χ0n) is 17.6. The highest BCUT2D eigenvalue weighted by Gasteiger charge is 2.50. The molecule has 0 fully saturated rings. The van der Waals surface area contributed by atoms with E-state index in [4.69, 9.17) is 13.9 Å². The van der Waals surface area contributed by atoms with Gasteiger partial charge in [-0.25, -0.2) is 0 Å². The molecule has 2 aromatic carbocycles. The molecule has 32 heavy (non-hydrogen) atoms. The molecule has 0 saturated heterocycles. The van der Waals surface area contributed by atoms with E-state index in [2.05, 4.69) is 0 Å². The number of amides is 1. The van der Waals surface area contributed by atoms with Crippen LogP contribution in [0.4, 0.5) is 5.69 Å². The fourth-order valence-electron chi connectivity index (χ4n) is 3.76. The van der Waals surface area contributed by atoms with Gasteiger partial charge in [-0.05, 0) is 42.5 Å². The quantitative estimate of drug-likeness (QED) is 0.519. The number of anilines is 1. The Kier molecular flexibility index (Phi) is 6.09. The summed E-state index contributed by atoms with van der Waals surface area (Å²) in [5.41, 5.74) is -0.973. The second-order valence-corrected chi connectivity index (χ2v) is 7.33. The normalized spacial score (nSPS) is 17.6. The lowest BCUT2D eigenvalue weighted by molar-refractivity contribution is -0.140. The summed E-state index contributed by atoms with van der Waals surface area (Å²) < 4.78 is 16.2. The number of furan rings is 1. The van der Waals surface area contributed by atoms with Crippen LogP contribution < -0.4 is 14.4 Å². The summed E-state index contributed by atoms with van der Waals surface area (Å²) in [6.45, 7) is 0.384. The summed E-state index contributed by atoms with van der Waals surface area (Å²) in [5, 5.41) is 11.3. The molecule has 0 spiro atoms. The smallest absolute Gasteiger partial charge is 0.264 e. The minimum Gasteiger partial charge on any atom is -0.493 e. The van der Waals surface area contributed by atoms with Crippen molar-refractivity contribution in [3.63, 3.8) is 0 Å². The third-order valence-electron chi connectivity index (χ3n) is 5.29. The second-order valence-electron chi connectivity index (χ2n) is 7.33. The number of methoxy groups -OCH3 is 1. The first-order valence-corrected chi connectivity index (χ1v) is 10.2. The van der Waals surface area contributed by atoms with Crippen molar-refractivity contribution >= 4 is 23.5 Å². The highest BCUT2D eigenvalue weighted by molar-refractivity contribution is 6.10. The van der Waals surface area contributed by atoms with Crippen LogP contribution in [-0.2, 0) is 15.2 Å². The Morgan fingerprint density at radius 3 is 2.59 bits per heavy atom. The van der Waals surface area contributed by atoms with Crippen LogP contribution in [0.5, 0.6) is 11.5 Å². The topological polar surface area (TPSA) is 89.2 Å². The van der Waals surface area contributed by atoms with Gasteiger partial charge in [-0.2, -0.15) is 0 Å². The average Bonchev–Trinajstić information content (AvgIpc) is 3.40. The minimum absolute atomic E-state index is 0.183. The molecule has 164 valence electrons. The van der Waals surface area contributed by atoms with Crippen LogP contribution in [0.25, 0.3) is 6.08 Å². The zero-order chi connectivity index (χ0) is 22.6. The van der Waals surface area contributed by atoms with Gasteiger partial charge in [-0.1, -0.05) is 30.3 Å². The Morgan fingerprint density at radius 2 is 1.84 bits per heavy atom. The van der Waals surface area contributed by atoms with Gasteiger partial charge in [0.05, 0.1) is 32.0 Å². The first-order chi connectivity index (χ1) is 15.5. The van der Waals surface area contributed by atoms with E-state index >= 15 is 0 Å². The Bertz CT molecular complexity index is 1140. The highest BCUT2D eigenvalue weighted by Crippen LogP contribution is 2.42. The first-order valence-electron chi connectivity index (χ1n) is 10.2. The van der Waals surface area contributed by atoms with Crippen molar-refractivity contribution < 1.29 is 28.6 Å². The zero-order valence-corrected chi connectivity index (χ0v) is 17.6. The van der Waals surface area contributed by atoms with E-state index in [-0.39, 0.29) is 25.4 Å². The maximum atomic E-state index is 13.2. The molecule has 7 nitrogen and oxygen atoms in total. The van der Waals surface area contributed by atoms with Crippen molar-refractivity contribution in [2.75, 3.05) is 25.2 Å². The number of hydrogen-bond acceptors (Lipinski definition) is 6. The first kappa shape index (κ1) is 21.4. The Morgan fingerprint density at radius 1 is 1.09 bits per heavy atom. The maximum Gasteiger partial charge on any atom is 0.264 e. The van der Waals surface area contributed by atoms with Gasteiger partial charge < -0.3 is 23.9 Å². The number of ether oxygens (including phenoxy) is 2. The van der Waals surface area contributed by atoms with Gasteiger partial charge in [-0.15, -0.1) is 0 Å². The molecule has 3 aromatic rings. The summed E-state index contributed by atoms with van der Waals surface area (Å²) in [5.74, 6) is 0.717. The summed E-state index contributed by atoms with van der Waals surface area (Å²) in [4.78, 5) is 27.2. The number of fused-ring (bicyclic) bond motifs is 1. The van der Waals surface area contributed by atoms with Crippen molar-refractivity contribution in [3.05, 3.63) is 84.3 Å². The number of benzene rings is 2. The second kappa shape index (κ2) is 9.11. The molecule has 0 saturated carbocycles. The Labute approximate surface area is 185 Å². The van der Waals surface area contributed by atoms with E-state index in [9.17, 15) is 14.7 Å². The SMILES string of the molecule is COc1ccccc1OCCN1C(=O)C(O)(CC(=O)/C=C/c2ccco2)c2ccccc21. The molecular formula is C25H23NO6. The number of carbonyl (C=O) groups excluding carboxylic acids is 2. The van der Waals surface area contributed by atoms with Crippen LogP contribution in [0.1, 0.15) is 17.7 Å². The number of hydrogen-bond donors (Lipinski definition) is 1. The van der Waals surface area contributed by atoms with Crippen molar-refractivity contribution in [1.29, 1.82) is 0 Å². The number of nitrogens with zero attached hydrogens (tertiary/aromatic N) is 1. The van der Waals surface area contributed by atoms with Gasteiger partial charge in [0, 0.05) is 5.56 Å². The molecule has 0 radical (unpaired) electrons. The van der Waals surface area contributed by atoms with Crippen LogP contribution in [-0.4, -0.2) is 37.1 Å². The molecule has 1 aromatic heterocycles. The molecule has 4 rings (SSSR count). The minimum atomic E-state index is -1.94. The van der Waals surface area contributed by atoms with E-state index in [1.807, 2.05) is 12.1 Å². The summed E-state index contributed by atoms with van der Waals surface area (Å²) >= 11 is 0. The predicted octanol–water partition coefficient (Wildman–Crippen LogP) is 3.57. The van der Waals surface area contributed by atoms with Crippen LogP contribution in [0.3, 0.4) is 0 Å². The van der Waals surface area contributed by atoms with Crippen LogP contribution >= 0.6 is 0 Å². The van der Waals surface area contributed by atoms with Gasteiger partial charge in [0.25, 0.3) is 5.91 Å². The van der Waals surface area contributed by atoms with Crippen molar-refractivity contribution in [2.45, 2.75) is 12.0 Å². The van der Waals surface area contributed by atoms with E-state index in [1.165, 1.54) is 23.3 Å². The van der Waals surface area contributed by atoms with Gasteiger partial charge in [0.1, 0.15) is 12.4 Å². The Hall–Kier alpha value is -3.84. The van der Waals surface area contributed by atoms with Gasteiger partial charge >= 0.3 is 0 Å². The highest BCUT2D eigenvalue weighted by atomic mass is 16.5. The lowest BCUT2D eigenvalue weighted by Gasteiger charge is -2.22. The molecule has 0 bridgehead atoms. The van der Waals surface area contributed by atoms with Crippen molar-refractivity contribution in [2.24, 2.45) is 0 Å². The molecule has 1 aliphatic heterocycles. The van der Waals surface area contributed by atoms with Crippen LogP contribution in [0.2, 0.25) is 0 Å². The third kappa shape index (κ3) is 4.15. The van der Waals surface area contributed by atoms with E-state index in [1.54, 1.807) is 55.6 Å². The lowest BCUT2D eigenvalue weighted by Crippen LogP contribution is -2.43. The van der Waals surface area contributed by atoms with Gasteiger partial charge in [0.2, 0.25) is 0 Å². The number of carbonyl (C=O) groups is 2. The molecule has 2 heterocycles. The molecular weight excluding hydrogens is 410 g/mol. The standard InChI is InChI=1S/C25H23NO6/c1-30-22-10-4-5-11-23(22)32-16-14-26-21-9-3-2-8-20(21)25(29,24(26)28)17-18(27)12-13-19-7-6-15-31-19/h2-13,15,29H,14,16-17H2,1H3/b13-12+. The monoisotopic (exact) mass is 433 g/mol. The summed E-state index contributed by atoms with van der Waals surface area (Å²) in [6, 6.07) is 17.6. The predicted molar refractivity (Wildman–Crippen MR) is 119 cm³/mol. The summed E-state index contributed by atoms with van der Waals surface area (Å²) in [6.07, 6.45) is 3.94. The number of allylic oxidation sites excluding steroid dienone is 1. The molecule has 1 atom stereocenters. The van der Waals surface area contributed by atoms with E-state index < -0.39 is 11.5 Å². The van der Waals surface area contributed by atoms with E-state index in [0.717, 1.165) is 0 Å². The largest absolute Gasteiger partial charge is 0.493 e. The van der Waals surface area contributed by atoms with Gasteiger partial charge in [0.15, 0.2) is 22.9 Å². The summed E-state index contributed by atoms with van der Waals surface area (Å²) in [7, 11) is 1.56.